The van der Waals surface area contributed by atoms with E-state index < -0.39 is 5.91 Å². The molecule has 118 valence electrons. The lowest BCUT2D eigenvalue weighted by molar-refractivity contribution is 0.102. The van der Waals surface area contributed by atoms with Crippen molar-refractivity contribution in [2.45, 2.75) is 0 Å². The maximum atomic E-state index is 12.2. The first-order chi connectivity index (χ1) is 11.1. The highest BCUT2D eigenvalue weighted by molar-refractivity contribution is 7.20. The van der Waals surface area contributed by atoms with Crippen LogP contribution in [0.3, 0.4) is 0 Å². The summed E-state index contributed by atoms with van der Waals surface area (Å²) in [7, 11) is 1.52. The number of hydrogen-bond acceptors (Lipinski definition) is 6. The van der Waals surface area contributed by atoms with E-state index in [1.54, 1.807) is 30.3 Å². The van der Waals surface area contributed by atoms with Crippen molar-refractivity contribution in [2.75, 3.05) is 12.4 Å². The summed E-state index contributed by atoms with van der Waals surface area (Å²) in [5.41, 5.74) is 0.928. The third-order valence-corrected chi connectivity index (χ3v) is 4.35. The summed E-state index contributed by atoms with van der Waals surface area (Å²) in [6, 6.07) is 8.28. The van der Waals surface area contributed by atoms with E-state index in [0.717, 1.165) is 0 Å². The van der Waals surface area contributed by atoms with Crippen molar-refractivity contribution in [1.29, 1.82) is 0 Å². The molecule has 0 fully saturated rings. The highest BCUT2D eigenvalue weighted by Crippen LogP contribution is 2.37. The molecule has 0 bridgehead atoms. The average Bonchev–Trinajstić information content (AvgIpc) is 3.13. The summed E-state index contributed by atoms with van der Waals surface area (Å²) in [5.74, 6) is 0.358. The molecule has 0 aliphatic rings. The predicted molar refractivity (Wildman–Crippen MR) is 88.6 cm³/mol. The molecule has 2 heterocycles. The van der Waals surface area contributed by atoms with Crippen LogP contribution < -0.4 is 10.1 Å². The first-order valence-electron chi connectivity index (χ1n) is 6.31. The molecule has 3 rings (SSSR count). The second kappa shape index (κ2) is 6.57. The van der Waals surface area contributed by atoms with Gasteiger partial charge in [-0.3, -0.25) is 10.1 Å². The Kier molecular flexibility index (Phi) is 4.51. The summed E-state index contributed by atoms with van der Waals surface area (Å²) in [5, 5.41) is 10.1. The molecule has 23 heavy (non-hydrogen) atoms. The minimum absolute atomic E-state index is 0.0359. The van der Waals surface area contributed by atoms with E-state index in [1.807, 2.05) is 0 Å². The van der Waals surface area contributed by atoms with Gasteiger partial charge in [0, 0.05) is 5.56 Å². The number of thiophene rings is 1. The Morgan fingerprint density at radius 2 is 2.13 bits per heavy atom. The highest BCUT2D eigenvalue weighted by Gasteiger charge is 2.17. The minimum atomic E-state index is -0.395. The van der Waals surface area contributed by atoms with E-state index in [4.69, 9.17) is 32.4 Å². The molecular formula is C14H9Cl2N3O3S. The molecule has 6 nitrogen and oxygen atoms in total. The molecule has 3 aromatic rings. The first kappa shape index (κ1) is 15.8. The first-order valence-corrected chi connectivity index (χ1v) is 7.88. The van der Waals surface area contributed by atoms with Crippen molar-refractivity contribution in [3.63, 3.8) is 0 Å². The molecule has 0 atom stereocenters. The van der Waals surface area contributed by atoms with Crippen LogP contribution in [0.5, 0.6) is 5.75 Å². The van der Waals surface area contributed by atoms with Crippen molar-refractivity contribution in [2.24, 2.45) is 0 Å². The summed E-state index contributed by atoms with van der Waals surface area (Å²) >= 11 is 13.1. The Labute approximate surface area is 145 Å². The second-order valence-corrected chi connectivity index (χ2v) is 6.62. The lowest BCUT2D eigenvalue weighted by Crippen LogP contribution is -2.12. The van der Waals surface area contributed by atoms with Crippen LogP contribution in [0.15, 0.2) is 34.7 Å². The molecule has 2 aromatic heterocycles. The van der Waals surface area contributed by atoms with E-state index in [0.29, 0.717) is 25.5 Å². The number of anilines is 1. The van der Waals surface area contributed by atoms with Crippen LogP contribution in [0.4, 0.5) is 6.01 Å². The van der Waals surface area contributed by atoms with Gasteiger partial charge in [0.05, 0.1) is 17.0 Å². The Bertz CT molecular complexity index is 863. The Morgan fingerprint density at radius 1 is 1.30 bits per heavy atom. The average molecular weight is 370 g/mol. The zero-order valence-corrected chi connectivity index (χ0v) is 14.0. The van der Waals surface area contributed by atoms with Crippen LogP contribution in [-0.4, -0.2) is 23.2 Å². The van der Waals surface area contributed by atoms with Crippen LogP contribution >= 0.6 is 34.5 Å². The maximum Gasteiger partial charge on any atom is 0.322 e. The van der Waals surface area contributed by atoms with Gasteiger partial charge in [0.1, 0.15) is 10.1 Å². The molecule has 0 spiro atoms. The topological polar surface area (TPSA) is 77.2 Å². The fourth-order valence-corrected chi connectivity index (χ4v) is 3.25. The van der Waals surface area contributed by atoms with Gasteiger partial charge in [-0.05, 0) is 24.3 Å². The normalized spacial score (nSPS) is 10.6. The number of methoxy groups -OCH3 is 1. The van der Waals surface area contributed by atoms with Crippen LogP contribution in [0, 0.1) is 0 Å². The molecule has 0 aliphatic carbocycles. The molecule has 1 amide bonds. The molecule has 0 unspecified atom stereocenters. The lowest BCUT2D eigenvalue weighted by atomic mass is 10.2. The van der Waals surface area contributed by atoms with Gasteiger partial charge in [-0.15, -0.1) is 16.4 Å². The predicted octanol–water partition coefficient (Wildman–Crippen LogP) is 4.37. The number of ether oxygens (including phenoxy) is 1. The van der Waals surface area contributed by atoms with E-state index in [2.05, 4.69) is 15.5 Å². The number of carbonyl (C=O) groups is 1. The zero-order valence-electron chi connectivity index (χ0n) is 11.7. The number of nitrogens with zero attached hydrogens (tertiary/aromatic N) is 2. The standard InChI is InChI=1S/C14H9Cl2N3O3S/c1-21-8-4-2-3-7(5-8)12(20)17-14-19-18-13(22-14)9-6-10(15)23-11(9)16/h2-6H,1H3,(H,17,19,20). The zero-order chi connectivity index (χ0) is 16.4. The van der Waals surface area contributed by atoms with E-state index in [9.17, 15) is 4.79 Å². The fourth-order valence-electron chi connectivity index (χ4n) is 1.80. The molecule has 0 radical (unpaired) electrons. The van der Waals surface area contributed by atoms with Crippen molar-refractivity contribution < 1.29 is 13.9 Å². The van der Waals surface area contributed by atoms with Crippen LogP contribution in [0.1, 0.15) is 10.4 Å². The number of carbonyl (C=O) groups excluding carboxylic acids is 1. The highest BCUT2D eigenvalue weighted by atomic mass is 35.5. The van der Waals surface area contributed by atoms with Gasteiger partial charge in [0.15, 0.2) is 0 Å². The number of halogens is 2. The van der Waals surface area contributed by atoms with E-state index in [1.165, 1.54) is 18.4 Å². The maximum absolute atomic E-state index is 12.2. The van der Waals surface area contributed by atoms with Gasteiger partial charge >= 0.3 is 6.01 Å². The minimum Gasteiger partial charge on any atom is -0.497 e. The van der Waals surface area contributed by atoms with Crippen molar-refractivity contribution in [3.05, 3.63) is 44.6 Å². The largest absolute Gasteiger partial charge is 0.497 e. The number of hydrogen-bond donors (Lipinski definition) is 1. The number of benzene rings is 1. The van der Waals surface area contributed by atoms with Gasteiger partial charge in [-0.25, -0.2) is 0 Å². The lowest BCUT2D eigenvalue weighted by Gasteiger charge is -2.03. The number of nitrogens with one attached hydrogen (secondary N) is 1. The van der Waals surface area contributed by atoms with Crippen molar-refractivity contribution in [3.8, 4) is 17.2 Å². The molecule has 0 saturated heterocycles. The summed E-state index contributed by atoms with van der Waals surface area (Å²) in [4.78, 5) is 12.2. The van der Waals surface area contributed by atoms with Crippen LogP contribution in [-0.2, 0) is 0 Å². The van der Waals surface area contributed by atoms with Gasteiger partial charge < -0.3 is 9.15 Å². The molecule has 0 aliphatic heterocycles. The number of rotatable bonds is 4. The smallest absolute Gasteiger partial charge is 0.322 e. The molecule has 1 N–H and O–H groups in total. The fraction of sp³-hybridized carbons (Fsp3) is 0.0714. The molecular weight excluding hydrogens is 361 g/mol. The van der Waals surface area contributed by atoms with Crippen molar-refractivity contribution in [1.82, 2.24) is 10.2 Å². The van der Waals surface area contributed by atoms with Gasteiger partial charge in [0.25, 0.3) is 11.8 Å². The monoisotopic (exact) mass is 369 g/mol. The Morgan fingerprint density at radius 3 is 2.83 bits per heavy atom. The van der Waals surface area contributed by atoms with Gasteiger partial charge in [0.2, 0.25) is 0 Å². The third kappa shape index (κ3) is 3.47. The van der Waals surface area contributed by atoms with Crippen LogP contribution in [0.2, 0.25) is 8.67 Å². The Hall–Kier alpha value is -2.09. The molecule has 0 saturated carbocycles. The second-order valence-electron chi connectivity index (χ2n) is 4.34. The van der Waals surface area contributed by atoms with Crippen molar-refractivity contribution >= 4 is 46.5 Å². The molecule has 9 heteroatoms. The van der Waals surface area contributed by atoms with E-state index >= 15 is 0 Å². The van der Waals surface area contributed by atoms with Crippen LogP contribution in [0.25, 0.3) is 11.5 Å². The SMILES string of the molecule is COc1cccc(C(=O)Nc2nnc(-c3cc(Cl)sc3Cl)o2)c1. The summed E-state index contributed by atoms with van der Waals surface area (Å²) < 4.78 is 11.4. The quantitative estimate of drug-likeness (QED) is 0.738. The summed E-state index contributed by atoms with van der Waals surface area (Å²) in [6.45, 7) is 0. The van der Waals surface area contributed by atoms with Gasteiger partial charge in [-0.1, -0.05) is 34.4 Å². The third-order valence-electron chi connectivity index (χ3n) is 2.86. The molecule has 1 aromatic carbocycles. The summed E-state index contributed by atoms with van der Waals surface area (Å²) in [6.07, 6.45) is 0. The number of aromatic nitrogens is 2. The van der Waals surface area contributed by atoms with Gasteiger partial charge in [-0.2, -0.15) is 0 Å². The number of amides is 1. The van der Waals surface area contributed by atoms with E-state index in [-0.39, 0.29) is 11.9 Å². The Balaban J connectivity index is 1.78.